The van der Waals surface area contributed by atoms with Crippen molar-refractivity contribution in [3.8, 4) is 5.75 Å². The first kappa shape index (κ1) is 21.7. The summed E-state index contributed by atoms with van der Waals surface area (Å²) in [6, 6.07) is 15.4. The van der Waals surface area contributed by atoms with Crippen molar-refractivity contribution in [2.75, 3.05) is 17.3 Å². The van der Waals surface area contributed by atoms with Crippen LogP contribution in [0.1, 0.15) is 5.56 Å². The van der Waals surface area contributed by atoms with Crippen LogP contribution in [0.2, 0.25) is 0 Å². The van der Waals surface area contributed by atoms with E-state index in [4.69, 9.17) is 4.74 Å². The highest BCUT2D eigenvalue weighted by Gasteiger charge is 2.23. The first-order chi connectivity index (χ1) is 14.8. The largest absolute Gasteiger partial charge is 0.495 e. The van der Waals surface area contributed by atoms with E-state index in [0.29, 0.717) is 0 Å². The fraction of sp³-hybridized carbons (Fsp3) is 0.0500. The fourth-order valence-corrected chi connectivity index (χ4v) is 3.87. The van der Waals surface area contributed by atoms with Crippen molar-refractivity contribution in [3.63, 3.8) is 0 Å². The summed E-state index contributed by atoms with van der Waals surface area (Å²) in [6.07, 6.45) is 1.17. The number of non-ortho nitro benzene ring substituents is 1. The quantitative estimate of drug-likeness (QED) is 0.308. The van der Waals surface area contributed by atoms with Crippen molar-refractivity contribution in [1.82, 2.24) is 0 Å². The van der Waals surface area contributed by atoms with Crippen LogP contribution in [0.15, 0.2) is 76.7 Å². The molecule has 11 heteroatoms. The van der Waals surface area contributed by atoms with Gasteiger partial charge in [0.2, 0.25) is 0 Å². The van der Waals surface area contributed by atoms with Crippen LogP contribution in [0, 0.1) is 15.9 Å². The van der Waals surface area contributed by atoms with Crippen molar-refractivity contribution in [2.24, 2.45) is 5.10 Å². The normalized spacial score (nSPS) is 11.3. The highest BCUT2D eigenvalue weighted by Crippen LogP contribution is 2.31. The lowest BCUT2D eigenvalue weighted by atomic mass is 10.2. The molecule has 0 heterocycles. The van der Waals surface area contributed by atoms with Crippen LogP contribution in [-0.4, -0.2) is 26.7 Å². The number of nitrogens with one attached hydrogen (secondary N) is 2. The highest BCUT2D eigenvalue weighted by molar-refractivity contribution is 7.93. The molecule has 0 radical (unpaired) electrons. The molecule has 3 aromatic rings. The van der Waals surface area contributed by atoms with E-state index in [1.165, 1.54) is 43.7 Å². The number of rotatable bonds is 8. The minimum Gasteiger partial charge on any atom is -0.495 e. The summed E-state index contributed by atoms with van der Waals surface area (Å²) >= 11 is 0. The molecule has 31 heavy (non-hydrogen) atoms. The van der Waals surface area contributed by atoms with Gasteiger partial charge in [0.05, 0.1) is 29.6 Å². The van der Waals surface area contributed by atoms with Gasteiger partial charge in [-0.25, -0.2) is 12.8 Å². The van der Waals surface area contributed by atoms with Crippen LogP contribution >= 0.6 is 0 Å². The summed E-state index contributed by atoms with van der Waals surface area (Å²) in [5.41, 5.74) is 2.36. The minimum absolute atomic E-state index is 0.0411. The summed E-state index contributed by atoms with van der Waals surface area (Å²) < 4.78 is 47.2. The molecule has 0 bridgehead atoms. The number of anilines is 2. The SMILES string of the molecule is COc1ccccc1NS(=O)(=O)c1cc([N+](=O)[O-])ccc1NN=Cc1ccccc1F. The molecule has 0 amide bonds. The maximum absolute atomic E-state index is 13.7. The third-order valence-electron chi connectivity index (χ3n) is 4.11. The number of hydrogen-bond acceptors (Lipinski definition) is 7. The predicted octanol–water partition coefficient (Wildman–Crippen LogP) is 3.99. The van der Waals surface area contributed by atoms with Crippen LogP contribution in [0.3, 0.4) is 0 Å². The van der Waals surface area contributed by atoms with Crippen LogP contribution in [-0.2, 0) is 10.0 Å². The zero-order chi connectivity index (χ0) is 22.4. The molecule has 0 aliphatic heterocycles. The molecule has 0 spiro atoms. The molecular weight excluding hydrogens is 427 g/mol. The van der Waals surface area contributed by atoms with E-state index in [-0.39, 0.29) is 22.7 Å². The van der Waals surface area contributed by atoms with Crippen molar-refractivity contribution < 1.29 is 22.5 Å². The number of nitro benzene ring substituents is 1. The Morgan fingerprint density at radius 3 is 2.48 bits per heavy atom. The number of sulfonamides is 1. The highest BCUT2D eigenvalue weighted by atomic mass is 32.2. The van der Waals surface area contributed by atoms with Gasteiger partial charge in [-0.05, 0) is 24.3 Å². The molecule has 0 aliphatic rings. The van der Waals surface area contributed by atoms with Crippen LogP contribution in [0.5, 0.6) is 5.75 Å². The van der Waals surface area contributed by atoms with E-state index < -0.39 is 31.3 Å². The second-order valence-corrected chi connectivity index (χ2v) is 7.79. The van der Waals surface area contributed by atoms with Gasteiger partial charge in [-0.15, -0.1) is 0 Å². The third-order valence-corrected chi connectivity index (χ3v) is 5.52. The van der Waals surface area contributed by atoms with Gasteiger partial charge in [0, 0.05) is 17.7 Å². The zero-order valence-electron chi connectivity index (χ0n) is 16.2. The molecule has 9 nitrogen and oxygen atoms in total. The van der Waals surface area contributed by atoms with Gasteiger partial charge in [-0.2, -0.15) is 5.10 Å². The van der Waals surface area contributed by atoms with Gasteiger partial charge >= 0.3 is 0 Å². The summed E-state index contributed by atoms with van der Waals surface area (Å²) in [5.74, 6) is -0.244. The van der Waals surface area contributed by atoms with E-state index >= 15 is 0 Å². The molecular formula is C20H17FN4O5S. The fourth-order valence-electron chi connectivity index (χ4n) is 2.62. The number of halogens is 1. The molecule has 0 atom stereocenters. The van der Waals surface area contributed by atoms with Crippen LogP contribution in [0.25, 0.3) is 0 Å². The lowest BCUT2D eigenvalue weighted by Crippen LogP contribution is -2.15. The monoisotopic (exact) mass is 444 g/mol. The Labute approximate surface area is 177 Å². The Hall–Kier alpha value is -3.99. The molecule has 160 valence electrons. The third kappa shape index (κ3) is 5.14. The Kier molecular flexibility index (Phi) is 6.46. The summed E-state index contributed by atoms with van der Waals surface area (Å²) in [4.78, 5) is 10.0. The lowest BCUT2D eigenvalue weighted by Gasteiger charge is -2.14. The molecule has 0 aromatic heterocycles. The molecule has 0 saturated heterocycles. The number of ether oxygens (including phenoxy) is 1. The average molecular weight is 444 g/mol. The molecule has 0 fully saturated rings. The van der Waals surface area contributed by atoms with Crippen molar-refractivity contribution in [2.45, 2.75) is 4.90 Å². The number of nitrogens with zero attached hydrogens (tertiary/aromatic N) is 2. The average Bonchev–Trinajstić information content (AvgIpc) is 2.75. The molecule has 0 unspecified atom stereocenters. The Morgan fingerprint density at radius 1 is 1.06 bits per heavy atom. The predicted molar refractivity (Wildman–Crippen MR) is 115 cm³/mol. The second kappa shape index (κ2) is 9.22. The van der Waals surface area contributed by atoms with E-state index in [0.717, 1.165) is 12.1 Å². The number of nitro groups is 1. The maximum atomic E-state index is 13.7. The van der Waals surface area contributed by atoms with Gasteiger partial charge in [0.1, 0.15) is 16.5 Å². The Morgan fingerprint density at radius 2 is 1.77 bits per heavy atom. The van der Waals surface area contributed by atoms with Crippen LogP contribution < -0.4 is 14.9 Å². The number of methoxy groups -OCH3 is 1. The van der Waals surface area contributed by atoms with E-state index in [1.54, 1.807) is 24.3 Å². The molecule has 3 rings (SSSR count). The van der Waals surface area contributed by atoms with Gasteiger partial charge in [-0.1, -0.05) is 30.3 Å². The topological polar surface area (TPSA) is 123 Å². The van der Waals surface area contributed by atoms with Crippen molar-refractivity contribution >= 4 is 33.3 Å². The number of benzene rings is 3. The van der Waals surface area contributed by atoms with Crippen molar-refractivity contribution in [1.29, 1.82) is 0 Å². The van der Waals surface area contributed by atoms with Crippen molar-refractivity contribution in [3.05, 3.63) is 88.2 Å². The van der Waals surface area contributed by atoms with Gasteiger partial charge in [0.25, 0.3) is 15.7 Å². The van der Waals surface area contributed by atoms with Gasteiger partial charge < -0.3 is 4.74 Å². The smallest absolute Gasteiger partial charge is 0.270 e. The summed E-state index contributed by atoms with van der Waals surface area (Å²) in [5, 5.41) is 15.0. The first-order valence-corrected chi connectivity index (χ1v) is 10.3. The molecule has 2 N–H and O–H groups in total. The van der Waals surface area contributed by atoms with E-state index in [1.807, 2.05) is 0 Å². The van der Waals surface area contributed by atoms with E-state index in [2.05, 4.69) is 15.2 Å². The first-order valence-electron chi connectivity index (χ1n) is 8.79. The molecule has 0 aliphatic carbocycles. The Balaban J connectivity index is 1.98. The second-order valence-electron chi connectivity index (χ2n) is 6.13. The maximum Gasteiger partial charge on any atom is 0.270 e. The van der Waals surface area contributed by atoms with Crippen LogP contribution in [0.4, 0.5) is 21.5 Å². The Bertz CT molecular complexity index is 1250. The molecule has 3 aromatic carbocycles. The number of para-hydroxylation sites is 2. The van der Waals surface area contributed by atoms with E-state index in [9.17, 15) is 22.9 Å². The summed E-state index contributed by atoms with van der Waals surface area (Å²) in [6.45, 7) is 0. The van der Waals surface area contributed by atoms with Gasteiger partial charge in [-0.3, -0.25) is 20.3 Å². The zero-order valence-corrected chi connectivity index (χ0v) is 17.0. The summed E-state index contributed by atoms with van der Waals surface area (Å²) in [7, 11) is -2.90. The lowest BCUT2D eigenvalue weighted by molar-refractivity contribution is -0.385. The number of hydrogen-bond donors (Lipinski definition) is 2. The minimum atomic E-state index is -4.28. The number of hydrazone groups is 1. The standard InChI is InChI=1S/C20H17FN4O5S/c1-30-19-9-5-4-8-17(19)24-31(28,29)20-12-15(25(26)27)10-11-18(20)23-22-13-14-6-2-3-7-16(14)21/h2-13,23-24H,1H3. The molecule has 0 saturated carbocycles. The van der Waals surface area contributed by atoms with Gasteiger partial charge in [0.15, 0.2) is 0 Å².